The molecular weight excluding hydrogens is 250 g/mol. The highest BCUT2D eigenvalue weighted by atomic mass is 16.5. The predicted molar refractivity (Wildman–Crippen MR) is 80.1 cm³/mol. The second-order valence-corrected chi connectivity index (χ2v) is 4.94. The van der Waals surface area contributed by atoms with Gasteiger partial charge in [0.15, 0.2) is 0 Å². The normalized spacial score (nSPS) is 12.5. The molecule has 0 bridgehead atoms. The third-order valence-electron chi connectivity index (χ3n) is 3.55. The number of hydrogen-bond donors (Lipinski definition) is 1. The molecule has 0 radical (unpaired) electrons. The average molecular weight is 267 g/mol. The Morgan fingerprint density at radius 3 is 2.45 bits per heavy atom. The van der Waals surface area contributed by atoms with Gasteiger partial charge >= 0.3 is 0 Å². The standard InChI is InChI=1S/C17H17NO2/c1-12(20-15-9-7-14(19)8-10-15)17-11-13-5-3-4-6-16(13)18(17)2/h3-12,19H,1-2H3. The molecule has 0 spiro atoms. The maximum atomic E-state index is 9.29. The number of aryl methyl sites for hydroxylation is 1. The Balaban J connectivity index is 1.90. The summed E-state index contributed by atoms with van der Waals surface area (Å²) in [5, 5.41) is 10.5. The molecule has 102 valence electrons. The first kappa shape index (κ1) is 12.6. The van der Waals surface area contributed by atoms with Crippen LogP contribution in [0.4, 0.5) is 0 Å². The maximum absolute atomic E-state index is 9.29. The van der Waals surface area contributed by atoms with Gasteiger partial charge in [-0.05, 0) is 48.7 Å². The van der Waals surface area contributed by atoms with Crippen LogP contribution in [0.25, 0.3) is 10.9 Å². The second-order valence-electron chi connectivity index (χ2n) is 4.94. The molecule has 0 aliphatic rings. The minimum atomic E-state index is -0.0584. The van der Waals surface area contributed by atoms with Crippen molar-refractivity contribution >= 4 is 10.9 Å². The molecule has 0 aliphatic heterocycles. The number of phenolic OH excluding ortho intramolecular Hbond substituents is 1. The number of nitrogens with zero attached hydrogens (tertiary/aromatic N) is 1. The van der Waals surface area contributed by atoms with E-state index in [2.05, 4.69) is 22.8 Å². The van der Waals surface area contributed by atoms with Gasteiger partial charge in [0, 0.05) is 12.6 Å². The lowest BCUT2D eigenvalue weighted by Gasteiger charge is -2.16. The lowest BCUT2D eigenvalue weighted by atomic mass is 10.2. The van der Waals surface area contributed by atoms with Gasteiger partial charge in [-0.3, -0.25) is 0 Å². The molecule has 20 heavy (non-hydrogen) atoms. The molecule has 1 N–H and O–H groups in total. The number of aromatic nitrogens is 1. The zero-order chi connectivity index (χ0) is 14.1. The van der Waals surface area contributed by atoms with E-state index in [0.29, 0.717) is 0 Å². The molecule has 3 nitrogen and oxygen atoms in total. The molecule has 0 saturated heterocycles. The first-order valence-electron chi connectivity index (χ1n) is 6.65. The van der Waals surface area contributed by atoms with Crippen LogP contribution in [-0.2, 0) is 7.05 Å². The van der Waals surface area contributed by atoms with Crippen LogP contribution in [0.5, 0.6) is 11.5 Å². The first-order chi connectivity index (χ1) is 9.65. The van der Waals surface area contributed by atoms with Crippen molar-refractivity contribution in [3.8, 4) is 11.5 Å². The van der Waals surface area contributed by atoms with Crippen molar-refractivity contribution in [2.75, 3.05) is 0 Å². The third-order valence-corrected chi connectivity index (χ3v) is 3.55. The Bertz CT molecular complexity index is 728. The highest BCUT2D eigenvalue weighted by Gasteiger charge is 2.13. The van der Waals surface area contributed by atoms with Crippen molar-refractivity contribution in [3.63, 3.8) is 0 Å². The number of fused-ring (bicyclic) bond motifs is 1. The van der Waals surface area contributed by atoms with E-state index in [4.69, 9.17) is 4.74 Å². The van der Waals surface area contributed by atoms with Crippen molar-refractivity contribution in [2.24, 2.45) is 7.05 Å². The quantitative estimate of drug-likeness (QED) is 0.777. The molecule has 1 unspecified atom stereocenters. The summed E-state index contributed by atoms with van der Waals surface area (Å²) in [6, 6.07) is 17.2. The number of phenols is 1. The van der Waals surface area contributed by atoms with Crippen molar-refractivity contribution in [3.05, 3.63) is 60.3 Å². The summed E-state index contributed by atoms with van der Waals surface area (Å²) in [6.45, 7) is 2.03. The molecule has 1 atom stereocenters. The van der Waals surface area contributed by atoms with Crippen LogP contribution in [0.15, 0.2) is 54.6 Å². The number of aromatic hydroxyl groups is 1. The maximum Gasteiger partial charge on any atom is 0.136 e. The number of rotatable bonds is 3. The average Bonchev–Trinajstić information content (AvgIpc) is 2.79. The minimum absolute atomic E-state index is 0.0584. The monoisotopic (exact) mass is 267 g/mol. The van der Waals surface area contributed by atoms with Crippen LogP contribution in [-0.4, -0.2) is 9.67 Å². The first-order valence-corrected chi connectivity index (χ1v) is 6.65. The Labute approximate surface area is 118 Å². The topological polar surface area (TPSA) is 34.4 Å². The van der Waals surface area contributed by atoms with E-state index in [-0.39, 0.29) is 11.9 Å². The molecule has 0 amide bonds. The van der Waals surface area contributed by atoms with Gasteiger partial charge in [-0.2, -0.15) is 0 Å². The van der Waals surface area contributed by atoms with Gasteiger partial charge in [0.1, 0.15) is 17.6 Å². The molecule has 3 aromatic rings. The largest absolute Gasteiger partial charge is 0.508 e. The Hall–Kier alpha value is -2.42. The van der Waals surface area contributed by atoms with Crippen LogP contribution < -0.4 is 4.74 Å². The summed E-state index contributed by atoms with van der Waals surface area (Å²) in [6.07, 6.45) is -0.0584. The van der Waals surface area contributed by atoms with E-state index in [0.717, 1.165) is 11.4 Å². The fourth-order valence-electron chi connectivity index (χ4n) is 2.49. The molecule has 0 saturated carbocycles. The predicted octanol–water partition coefficient (Wildman–Crippen LogP) is 4.02. The van der Waals surface area contributed by atoms with Crippen LogP contribution in [0.1, 0.15) is 18.7 Å². The van der Waals surface area contributed by atoms with E-state index >= 15 is 0 Å². The second kappa shape index (κ2) is 4.93. The number of benzene rings is 2. The molecule has 0 fully saturated rings. The van der Waals surface area contributed by atoms with Gasteiger partial charge in [-0.15, -0.1) is 0 Å². The lowest BCUT2D eigenvalue weighted by Crippen LogP contribution is -2.07. The molecule has 3 heteroatoms. The zero-order valence-electron chi connectivity index (χ0n) is 11.6. The van der Waals surface area contributed by atoms with Gasteiger partial charge in [0.25, 0.3) is 0 Å². The van der Waals surface area contributed by atoms with Gasteiger partial charge in [0.2, 0.25) is 0 Å². The molecule has 0 aliphatic carbocycles. The third kappa shape index (κ3) is 2.23. The summed E-state index contributed by atoms with van der Waals surface area (Å²) in [5.74, 6) is 0.996. The van der Waals surface area contributed by atoms with E-state index in [9.17, 15) is 5.11 Å². The fraction of sp³-hybridized carbons (Fsp3) is 0.176. The van der Waals surface area contributed by atoms with E-state index in [1.165, 1.54) is 10.9 Å². The molecule has 2 aromatic carbocycles. The van der Waals surface area contributed by atoms with Gasteiger partial charge in [-0.25, -0.2) is 0 Å². The molecule has 3 rings (SSSR count). The molecule has 1 heterocycles. The van der Waals surface area contributed by atoms with Crippen molar-refractivity contribution in [2.45, 2.75) is 13.0 Å². The Morgan fingerprint density at radius 2 is 1.75 bits per heavy atom. The zero-order valence-corrected chi connectivity index (χ0v) is 11.6. The smallest absolute Gasteiger partial charge is 0.136 e. The van der Waals surface area contributed by atoms with Gasteiger partial charge in [-0.1, -0.05) is 18.2 Å². The Kier molecular flexibility index (Phi) is 3.11. The summed E-state index contributed by atoms with van der Waals surface area (Å²) < 4.78 is 8.09. The molecular formula is C17H17NO2. The van der Waals surface area contributed by atoms with Crippen LogP contribution in [0.3, 0.4) is 0 Å². The van der Waals surface area contributed by atoms with Crippen molar-refractivity contribution < 1.29 is 9.84 Å². The van der Waals surface area contributed by atoms with Gasteiger partial charge < -0.3 is 14.4 Å². The fourth-order valence-corrected chi connectivity index (χ4v) is 2.49. The van der Waals surface area contributed by atoms with E-state index < -0.39 is 0 Å². The number of hydrogen-bond acceptors (Lipinski definition) is 2. The summed E-state index contributed by atoms with van der Waals surface area (Å²) in [7, 11) is 2.05. The Morgan fingerprint density at radius 1 is 1.05 bits per heavy atom. The number of para-hydroxylation sites is 1. The highest BCUT2D eigenvalue weighted by Crippen LogP contribution is 2.27. The minimum Gasteiger partial charge on any atom is -0.508 e. The molecule has 1 aromatic heterocycles. The van der Waals surface area contributed by atoms with Gasteiger partial charge in [0.05, 0.1) is 5.69 Å². The van der Waals surface area contributed by atoms with Crippen LogP contribution >= 0.6 is 0 Å². The van der Waals surface area contributed by atoms with Crippen molar-refractivity contribution in [1.29, 1.82) is 0 Å². The number of ether oxygens (including phenoxy) is 1. The summed E-state index contributed by atoms with van der Waals surface area (Å²) in [4.78, 5) is 0. The SMILES string of the molecule is CC(Oc1ccc(O)cc1)c1cc2ccccc2n1C. The van der Waals surface area contributed by atoms with E-state index in [1.807, 2.05) is 26.1 Å². The lowest BCUT2D eigenvalue weighted by molar-refractivity contribution is 0.218. The van der Waals surface area contributed by atoms with E-state index in [1.54, 1.807) is 24.3 Å². The summed E-state index contributed by atoms with van der Waals surface area (Å²) in [5.41, 5.74) is 2.32. The van der Waals surface area contributed by atoms with Crippen LogP contribution in [0.2, 0.25) is 0 Å². The van der Waals surface area contributed by atoms with Crippen LogP contribution in [0, 0.1) is 0 Å². The highest BCUT2D eigenvalue weighted by molar-refractivity contribution is 5.81. The van der Waals surface area contributed by atoms with Crippen molar-refractivity contribution in [1.82, 2.24) is 4.57 Å². The summed E-state index contributed by atoms with van der Waals surface area (Å²) >= 11 is 0.